The van der Waals surface area contributed by atoms with E-state index in [0.29, 0.717) is 12.8 Å². The van der Waals surface area contributed by atoms with Crippen molar-refractivity contribution in [3.8, 4) is 0 Å². The molecule has 1 unspecified atom stereocenters. The zero-order valence-corrected chi connectivity index (χ0v) is 9.44. The number of aromatic nitrogens is 1. The van der Waals surface area contributed by atoms with E-state index in [9.17, 15) is 13.5 Å². The minimum atomic E-state index is -2.93. The van der Waals surface area contributed by atoms with Crippen molar-refractivity contribution in [3.05, 3.63) is 30.1 Å². The van der Waals surface area contributed by atoms with E-state index in [2.05, 4.69) is 4.98 Å². The first-order valence-corrected chi connectivity index (χ1v) is 6.81. The Morgan fingerprint density at radius 2 is 2.00 bits per heavy atom. The summed E-state index contributed by atoms with van der Waals surface area (Å²) >= 11 is 0. The van der Waals surface area contributed by atoms with E-state index in [1.807, 2.05) is 0 Å². The van der Waals surface area contributed by atoms with Crippen LogP contribution in [0.25, 0.3) is 0 Å². The minimum Gasteiger partial charge on any atom is -0.388 e. The van der Waals surface area contributed by atoms with Gasteiger partial charge in [-0.25, -0.2) is 8.42 Å². The Balaban J connectivity index is 2.41. The monoisotopic (exact) mass is 229 g/mol. The van der Waals surface area contributed by atoms with Crippen LogP contribution in [0.5, 0.6) is 0 Å². The highest BCUT2D eigenvalue weighted by molar-refractivity contribution is 7.90. The number of pyridine rings is 1. The van der Waals surface area contributed by atoms with Crippen LogP contribution < -0.4 is 0 Å². The zero-order valence-electron chi connectivity index (χ0n) is 8.63. The standard InChI is InChI=1S/C10H15NO3S/c1-15(13,14)8-2-3-10(12)9-4-6-11-7-5-9/h4-7,10,12H,2-3,8H2,1H3. The van der Waals surface area contributed by atoms with Gasteiger partial charge in [0.15, 0.2) is 0 Å². The molecular formula is C10H15NO3S. The maximum atomic E-state index is 10.9. The van der Waals surface area contributed by atoms with Gasteiger partial charge in [-0.15, -0.1) is 0 Å². The minimum absolute atomic E-state index is 0.120. The molecule has 4 nitrogen and oxygen atoms in total. The summed E-state index contributed by atoms with van der Waals surface area (Å²) < 4.78 is 21.7. The van der Waals surface area contributed by atoms with Gasteiger partial charge < -0.3 is 5.11 Å². The summed E-state index contributed by atoms with van der Waals surface area (Å²) in [5.41, 5.74) is 0.776. The largest absolute Gasteiger partial charge is 0.388 e. The van der Waals surface area contributed by atoms with Gasteiger partial charge in [-0.05, 0) is 30.5 Å². The molecule has 0 saturated carbocycles. The average Bonchev–Trinajstić information content (AvgIpc) is 2.17. The number of aliphatic hydroxyl groups is 1. The second-order valence-corrected chi connectivity index (χ2v) is 5.83. The number of aliphatic hydroxyl groups excluding tert-OH is 1. The molecule has 1 N–H and O–H groups in total. The van der Waals surface area contributed by atoms with Gasteiger partial charge in [-0.3, -0.25) is 4.98 Å². The predicted molar refractivity (Wildman–Crippen MR) is 58.1 cm³/mol. The first kappa shape index (κ1) is 12.1. The highest BCUT2D eigenvalue weighted by atomic mass is 32.2. The molecule has 0 aromatic carbocycles. The topological polar surface area (TPSA) is 67.3 Å². The molecule has 1 aromatic rings. The molecule has 1 heterocycles. The van der Waals surface area contributed by atoms with E-state index in [-0.39, 0.29) is 5.75 Å². The summed E-state index contributed by atoms with van der Waals surface area (Å²) in [6, 6.07) is 3.45. The Bertz CT molecular complexity index is 388. The van der Waals surface area contributed by atoms with Crippen molar-refractivity contribution < 1.29 is 13.5 Å². The van der Waals surface area contributed by atoms with Crippen LogP contribution in [0.2, 0.25) is 0 Å². The van der Waals surface area contributed by atoms with E-state index in [4.69, 9.17) is 0 Å². The summed E-state index contributed by atoms with van der Waals surface area (Å²) in [6.07, 6.45) is 4.74. The van der Waals surface area contributed by atoms with Gasteiger partial charge in [0.2, 0.25) is 0 Å². The quantitative estimate of drug-likeness (QED) is 0.816. The smallest absolute Gasteiger partial charge is 0.147 e. The van der Waals surface area contributed by atoms with E-state index in [1.165, 1.54) is 6.26 Å². The summed E-state index contributed by atoms with van der Waals surface area (Å²) in [6.45, 7) is 0. The van der Waals surface area contributed by atoms with Crippen molar-refractivity contribution in [2.45, 2.75) is 18.9 Å². The SMILES string of the molecule is CS(=O)(=O)CCCC(O)c1ccncc1. The number of sulfone groups is 1. The van der Waals surface area contributed by atoms with Gasteiger partial charge in [0.25, 0.3) is 0 Å². The van der Waals surface area contributed by atoms with Crippen LogP contribution in [0.4, 0.5) is 0 Å². The molecular weight excluding hydrogens is 214 g/mol. The molecule has 15 heavy (non-hydrogen) atoms. The van der Waals surface area contributed by atoms with Crippen LogP contribution in [0, 0.1) is 0 Å². The highest BCUT2D eigenvalue weighted by Gasteiger charge is 2.08. The average molecular weight is 229 g/mol. The third kappa shape index (κ3) is 4.90. The Morgan fingerprint density at radius 3 is 2.53 bits per heavy atom. The van der Waals surface area contributed by atoms with Crippen molar-refractivity contribution in [3.63, 3.8) is 0 Å². The zero-order chi connectivity index (χ0) is 11.3. The molecule has 0 amide bonds. The molecule has 1 aromatic heterocycles. The number of rotatable bonds is 5. The molecule has 1 rings (SSSR count). The van der Waals surface area contributed by atoms with Crippen LogP contribution in [0.15, 0.2) is 24.5 Å². The normalized spacial score (nSPS) is 13.7. The Morgan fingerprint density at radius 1 is 1.40 bits per heavy atom. The van der Waals surface area contributed by atoms with Crippen molar-refractivity contribution in [1.29, 1.82) is 0 Å². The van der Waals surface area contributed by atoms with Crippen LogP contribution in [0.3, 0.4) is 0 Å². The van der Waals surface area contributed by atoms with Crippen molar-refractivity contribution in [1.82, 2.24) is 4.98 Å². The van der Waals surface area contributed by atoms with Gasteiger partial charge in [0.1, 0.15) is 9.84 Å². The van der Waals surface area contributed by atoms with Gasteiger partial charge in [0, 0.05) is 24.4 Å². The second kappa shape index (κ2) is 5.23. The van der Waals surface area contributed by atoms with Crippen LogP contribution in [-0.4, -0.2) is 30.5 Å². The Kier molecular flexibility index (Phi) is 4.23. The molecule has 0 saturated heterocycles. The summed E-state index contributed by atoms with van der Waals surface area (Å²) in [5, 5.41) is 9.69. The van der Waals surface area contributed by atoms with Gasteiger partial charge in [0.05, 0.1) is 6.10 Å². The fraction of sp³-hybridized carbons (Fsp3) is 0.500. The highest BCUT2D eigenvalue weighted by Crippen LogP contribution is 2.17. The van der Waals surface area contributed by atoms with Crippen LogP contribution in [0.1, 0.15) is 24.5 Å². The number of nitrogens with zero attached hydrogens (tertiary/aromatic N) is 1. The van der Waals surface area contributed by atoms with Gasteiger partial charge in [-0.2, -0.15) is 0 Å². The van der Waals surface area contributed by atoms with E-state index < -0.39 is 15.9 Å². The van der Waals surface area contributed by atoms with E-state index in [1.54, 1.807) is 24.5 Å². The lowest BCUT2D eigenvalue weighted by Crippen LogP contribution is -2.05. The third-order valence-electron chi connectivity index (χ3n) is 2.08. The molecule has 0 spiro atoms. The summed E-state index contributed by atoms with van der Waals surface area (Å²) in [7, 11) is -2.93. The van der Waals surface area contributed by atoms with Gasteiger partial charge >= 0.3 is 0 Å². The molecule has 0 aliphatic rings. The lowest BCUT2D eigenvalue weighted by molar-refractivity contribution is 0.166. The maximum absolute atomic E-state index is 10.9. The first-order chi connectivity index (χ1) is 6.99. The molecule has 1 atom stereocenters. The lowest BCUT2D eigenvalue weighted by atomic mass is 10.1. The van der Waals surface area contributed by atoms with Crippen molar-refractivity contribution >= 4 is 9.84 Å². The van der Waals surface area contributed by atoms with Crippen molar-refractivity contribution in [2.75, 3.05) is 12.0 Å². The fourth-order valence-corrected chi connectivity index (χ4v) is 1.98. The van der Waals surface area contributed by atoms with Crippen molar-refractivity contribution in [2.24, 2.45) is 0 Å². The lowest BCUT2D eigenvalue weighted by Gasteiger charge is -2.09. The first-order valence-electron chi connectivity index (χ1n) is 4.75. The summed E-state index contributed by atoms with van der Waals surface area (Å²) in [4.78, 5) is 3.84. The number of hydrogen-bond donors (Lipinski definition) is 1. The fourth-order valence-electron chi connectivity index (χ4n) is 1.29. The molecule has 5 heteroatoms. The predicted octanol–water partition coefficient (Wildman–Crippen LogP) is 0.940. The summed E-state index contributed by atoms with van der Waals surface area (Å²) in [5.74, 6) is 0.120. The van der Waals surface area contributed by atoms with E-state index in [0.717, 1.165) is 5.56 Å². The third-order valence-corrected chi connectivity index (χ3v) is 3.11. The molecule has 84 valence electrons. The Hall–Kier alpha value is -0.940. The molecule has 0 bridgehead atoms. The Labute approximate surface area is 89.9 Å². The number of hydrogen-bond acceptors (Lipinski definition) is 4. The van der Waals surface area contributed by atoms with Gasteiger partial charge in [-0.1, -0.05) is 0 Å². The maximum Gasteiger partial charge on any atom is 0.147 e. The van der Waals surface area contributed by atoms with Crippen LogP contribution in [-0.2, 0) is 9.84 Å². The molecule has 0 aliphatic carbocycles. The van der Waals surface area contributed by atoms with Crippen LogP contribution >= 0.6 is 0 Å². The molecule has 0 aliphatic heterocycles. The molecule has 0 fully saturated rings. The molecule has 0 radical (unpaired) electrons. The van der Waals surface area contributed by atoms with E-state index >= 15 is 0 Å². The second-order valence-electron chi connectivity index (χ2n) is 3.57.